The number of ether oxygens (including phenoxy) is 1. The van der Waals surface area contributed by atoms with Crippen molar-refractivity contribution in [3.05, 3.63) is 45.4 Å². The number of halogens is 1. The fourth-order valence-corrected chi connectivity index (χ4v) is 3.56. The van der Waals surface area contributed by atoms with E-state index in [-0.39, 0.29) is 11.6 Å². The van der Waals surface area contributed by atoms with Gasteiger partial charge >= 0.3 is 0 Å². The number of aromatic nitrogens is 2. The molecule has 1 atom stereocenters. The van der Waals surface area contributed by atoms with E-state index in [1.54, 1.807) is 24.0 Å². The van der Waals surface area contributed by atoms with Crippen molar-refractivity contribution < 1.29 is 4.74 Å². The maximum absolute atomic E-state index is 12.6. The molecule has 0 amide bonds. The second-order valence-electron chi connectivity index (χ2n) is 6.79. The Balaban J connectivity index is 2.06. The van der Waals surface area contributed by atoms with E-state index in [1.807, 2.05) is 18.2 Å². The van der Waals surface area contributed by atoms with Crippen molar-refractivity contribution in [2.45, 2.75) is 26.3 Å². The van der Waals surface area contributed by atoms with Gasteiger partial charge in [-0.25, -0.2) is 0 Å². The predicted octanol–water partition coefficient (Wildman–Crippen LogP) is 3.60. The van der Waals surface area contributed by atoms with Crippen LogP contribution in [-0.2, 0) is 7.05 Å². The molecule has 0 fully saturated rings. The molecule has 132 valence electrons. The highest BCUT2D eigenvalue weighted by Crippen LogP contribution is 2.33. The van der Waals surface area contributed by atoms with Crippen molar-refractivity contribution in [1.82, 2.24) is 9.55 Å². The summed E-state index contributed by atoms with van der Waals surface area (Å²) in [4.78, 5) is 16.6. The first-order valence-electron chi connectivity index (χ1n) is 8.32. The van der Waals surface area contributed by atoms with Gasteiger partial charge in [0.25, 0.3) is 5.56 Å². The van der Waals surface area contributed by atoms with Crippen molar-refractivity contribution >= 4 is 37.6 Å². The van der Waals surface area contributed by atoms with E-state index in [0.29, 0.717) is 23.7 Å². The Morgan fingerprint density at radius 1 is 1.28 bits per heavy atom. The molecular formula is C19H22BrN3O2. The van der Waals surface area contributed by atoms with Crippen LogP contribution < -0.4 is 16.0 Å². The molecule has 2 N–H and O–H groups in total. The van der Waals surface area contributed by atoms with E-state index in [4.69, 9.17) is 10.5 Å². The Hall–Kier alpha value is -1.92. The van der Waals surface area contributed by atoms with E-state index in [9.17, 15) is 4.79 Å². The lowest BCUT2D eigenvalue weighted by atomic mass is 10.1. The van der Waals surface area contributed by atoms with Crippen LogP contribution in [-0.4, -0.2) is 22.2 Å². The second kappa shape index (κ2) is 7.14. The Morgan fingerprint density at radius 2 is 2.04 bits per heavy atom. The van der Waals surface area contributed by atoms with Gasteiger partial charge in [0.1, 0.15) is 12.4 Å². The Labute approximate surface area is 154 Å². The number of benzene rings is 1. The smallest absolute Gasteiger partial charge is 0.260 e. The standard InChI is InChI=1S/C19H22BrN3O2/c1-11(2)6-12(21)10-25-18-8-17-14(7-16(18)20)13-4-5-22-9-15(13)19(24)23(17)3/h4-5,7-9,11-12H,6,10,21H2,1-3H3/t12-/m0/s1. The van der Waals surface area contributed by atoms with Crippen LogP contribution >= 0.6 is 15.9 Å². The summed E-state index contributed by atoms with van der Waals surface area (Å²) in [7, 11) is 1.76. The third kappa shape index (κ3) is 3.55. The van der Waals surface area contributed by atoms with Crippen LogP contribution in [0.5, 0.6) is 5.75 Å². The normalized spacial score (nSPS) is 12.9. The zero-order chi connectivity index (χ0) is 18.1. The molecule has 0 unspecified atom stereocenters. The molecule has 5 nitrogen and oxygen atoms in total. The number of nitrogens with two attached hydrogens (primary N) is 1. The number of hydrogen-bond donors (Lipinski definition) is 1. The summed E-state index contributed by atoms with van der Waals surface area (Å²) in [6, 6.07) is 5.72. The summed E-state index contributed by atoms with van der Waals surface area (Å²) in [6.07, 6.45) is 4.21. The van der Waals surface area contributed by atoms with E-state index in [1.165, 1.54) is 0 Å². The lowest BCUT2D eigenvalue weighted by molar-refractivity contribution is 0.270. The number of hydrogen-bond acceptors (Lipinski definition) is 4. The number of aryl methyl sites for hydroxylation is 1. The highest BCUT2D eigenvalue weighted by molar-refractivity contribution is 9.10. The molecule has 0 aliphatic carbocycles. The fraction of sp³-hybridized carbons (Fsp3) is 0.368. The number of rotatable bonds is 5. The third-order valence-electron chi connectivity index (χ3n) is 4.28. The molecule has 6 heteroatoms. The molecule has 2 aromatic heterocycles. The van der Waals surface area contributed by atoms with Gasteiger partial charge in [0.2, 0.25) is 0 Å². The zero-order valence-electron chi connectivity index (χ0n) is 14.6. The van der Waals surface area contributed by atoms with Crippen molar-refractivity contribution in [2.24, 2.45) is 18.7 Å². The average Bonchev–Trinajstić information content (AvgIpc) is 2.57. The van der Waals surface area contributed by atoms with Crippen LogP contribution in [0.2, 0.25) is 0 Å². The van der Waals surface area contributed by atoms with Crippen LogP contribution in [0, 0.1) is 5.92 Å². The lowest BCUT2D eigenvalue weighted by Crippen LogP contribution is -2.29. The van der Waals surface area contributed by atoms with Crippen molar-refractivity contribution in [1.29, 1.82) is 0 Å². The van der Waals surface area contributed by atoms with Crippen LogP contribution in [0.4, 0.5) is 0 Å². The fourth-order valence-electron chi connectivity index (χ4n) is 3.11. The topological polar surface area (TPSA) is 70.1 Å². The zero-order valence-corrected chi connectivity index (χ0v) is 16.2. The minimum Gasteiger partial charge on any atom is -0.491 e. The number of pyridine rings is 2. The van der Waals surface area contributed by atoms with E-state index >= 15 is 0 Å². The van der Waals surface area contributed by atoms with E-state index in [2.05, 4.69) is 34.8 Å². The summed E-state index contributed by atoms with van der Waals surface area (Å²) in [5, 5.41) is 2.47. The maximum Gasteiger partial charge on any atom is 0.260 e. The Kier molecular flexibility index (Phi) is 5.11. The largest absolute Gasteiger partial charge is 0.491 e. The molecular weight excluding hydrogens is 382 g/mol. The molecule has 3 aromatic rings. The summed E-state index contributed by atoms with van der Waals surface area (Å²) < 4.78 is 8.39. The summed E-state index contributed by atoms with van der Waals surface area (Å²) >= 11 is 3.58. The van der Waals surface area contributed by atoms with Gasteiger partial charge < -0.3 is 15.0 Å². The van der Waals surface area contributed by atoms with Crippen LogP contribution in [0.1, 0.15) is 20.3 Å². The first kappa shape index (κ1) is 17.9. The highest BCUT2D eigenvalue weighted by atomic mass is 79.9. The van der Waals surface area contributed by atoms with Gasteiger partial charge in [0.15, 0.2) is 0 Å². The molecule has 25 heavy (non-hydrogen) atoms. The van der Waals surface area contributed by atoms with E-state index < -0.39 is 0 Å². The van der Waals surface area contributed by atoms with Crippen LogP contribution in [0.3, 0.4) is 0 Å². The molecule has 2 heterocycles. The molecule has 0 saturated heterocycles. The minimum atomic E-state index is -0.0691. The average molecular weight is 404 g/mol. The van der Waals surface area contributed by atoms with Gasteiger partial charge in [-0.05, 0) is 45.8 Å². The first-order chi connectivity index (χ1) is 11.9. The van der Waals surface area contributed by atoms with Gasteiger partial charge in [-0.3, -0.25) is 9.78 Å². The minimum absolute atomic E-state index is 0.0194. The Bertz CT molecular complexity index is 982. The molecule has 0 saturated carbocycles. The van der Waals surface area contributed by atoms with Gasteiger partial charge in [0, 0.05) is 36.9 Å². The third-order valence-corrected chi connectivity index (χ3v) is 4.90. The first-order valence-corrected chi connectivity index (χ1v) is 9.12. The van der Waals surface area contributed by atoms with Gasteiger partial charge in [0.05, 0.1) is 15.4 Å². The quantitative estimate of drug-likeness (QED) is 0.660. The van der Waals surface area contributed by atoms with Gasteiger partial charge in [-0.15, -0.1) is 0 Å². The van der Waals surface area contributed by atoms with E-state index in [0.717, 1.165) is 27.2 Å². The SMILES string of the molecule is CC(C)C[C@H](N)COc1cc2c(cc1Br)c1ccncc1c(=O)n2C. The van der Waals surface area contributed by atoms with Gasteiger partial charge in [-0.1, -0.05) is 13.8 Å². The molecule has 3 rings (SSSR count). The second-order valence-corrected chi connectivity index (χ2v) is 7.64. The molecule has 0 spiro atoms. The lowest BCUT2D eigenvalue weighted by Gasteiger charge is -2.17. The summed E-state index contributed by atoms with van der Waals surface area (Å²) in [6.45, 7) is 4.72. The predicted molar refractivity (Wildman–Crippen MR) is 105 cm³/mol. The molecule has 0 radical (unpaired) electrons. The molecule has 1 aromatic carbocycles. The van der Waals surface area contributed by atoms with Crippen molar-refractivity contribution in [3.8, 4) is 5.75 Å². The highest BCUT2D eigenvalue weighted by Gasteiger charge is 2.13. The Morgan fingerprint density at radius 3 is 2.76 bits per heavy atom. The maximum atomic E-state index is 12.6. The van der Waals surface area contributed by atoms with Crippen LogP contribution in [0.15, 0.2) is 39.9 Å². The summed E-state index contributed by atoms with van der Waals surface area (Å²) in [5.74, 6) is 1.22. The molecule has 0 aliphatic rings. The van der Waals surface area contributed by atoms with Crippen molar-refractivity contribution in [2.75, 3.05) is 6.61 Å². The van der Waals surface area contributed by atoms with Crippen molar-refractivity contribution in [3.63, 3.8) is 0 Å². The molecule has 0 bridgehead atoms. The van der Waals surface area contributed by atoms with Gasteiger partial charge in [-0.2, -0.15) is 0 Å². The van der Waals surface area contributed by atoms with Crippen LogP contribution in [0.25, 0.3) is 21.7 Å². The monoisotopic (exact) mass is 403 g/mol. The number of nitrogens with zero attached hydrogens (tertiary/aromatic N) is 2. The summed E-state index contributed by atoms with van der Waals surface area (Å²) in [5.41, 5.74) is 6.86. The molecule has 0 aliphatic heterocycles. The number of fused-ring (bicyclic) bond motifs is 3.